The van der Waals surface area contributed by atoms with Crippen molar-refractivity contribution >= 4 is 66.3 Å². The molecular weight excluding hydrogens is 520 g/mol. The number of para-hydroxylation sites is 1. The number of nitrogens with one attached hydrogen (secondary N) is 2. The summed E-state index contributed by atoms with van der Waals surface area (Å²) < 4.78 is 6.68. The summed E-state index contributed by atoms with van der Waals surface area (Å²) >= 11 is 6.74. The van der Waals surface area contributed by atoms with Crippen molar-refractivity contribution in [2.45, 2.75) is 0 Å². The van der Waals surface area contributed by atoms with Crippen LogP contribution in [0.15, 0.2) is 61.6 Å². The van der Waals surface area contributed by atoms with E-state index in [0.29, 0.717) is 21.1 Å². The molecule has 0 aliphatic rings. The third-order valence-corrected chi connectivity index (χ3v) is 5.09. The standard InChI is InChI=1S/C20H16Br2N4O4/c1-30-15-5-3-2-4-11(15)6-7-16(27)23-10-17(28)25-26-19-13-8-12(21)9-14(22)18(13)24-20(19)29/h2-9,24,29H,10H2,1H3,(H,23,27). The second kappa shape index (κ2) is 9.68. The topological polar surface area (TPSA) is 116 Å². The second-order valence-electron chi connectivity index (χ2n) is 6.02. The number of aromatic hydroxyl groups is 1. The molecule has 3 rings (SSSR count). The summed E-state index contributed by atoms with van der Waals surface area (Å²) in [5, 5.41) is 20.5. The molecule has 0 aliphatic carbocycles. The highest BCUT2D eigenvalue weighted by Crippen LogP contribution is 2.40. The van der Waals surface area contributed by atoms with Gasteiger partial charge in [-0.05, 0) is 40.2 Å². The highest BCUT2D eigenvalue weighted by Gasteiger charge is 2.14. The molecule has 154 valence electrons. The van der Waals surface area contributed by atoms with Crippen molar-refractivity contribution < 1.29 is 19.4 Å². The summed E-state index contributed by atoms with van der Waals surface area (Å²) in [5.74, 6) is -0.725. The molecule has 0 radical (unpaired) electrons. The highest BCUT2D eigenvalue weighted by atomic mass is 79.9. The summed E-state index contributed by atoms with van der Waals surface area (Å²) in [6.45, 7) is -0.338. The van der Waals surface area contributed by atoms with E-state index in [4.69, 9.17) is 4.74 Å². The Kier molecular flexibility index (Phi) is 7.01. The summed E-state index contributed by atoms with van der Waals surface area (Å²) in [5.41, 5.74) is 1.47. The average Bonchev–Trinajstić information content (AvgIpc) is 3.04. The van der Waals surface area contributed by atoms with Crippen LogP contribution < -0.4 is 10.1 Å². The van der Waals surface area contributed by atoms with Crippen LogP contribution in [0.5, 0.6) is 11.6 Å². The number of carbonyl (C=O) groups excluding carboxylic acids is 2. The fraction of sp³-hybridized carbons (Fsp3) is 0.100. The molecule has 2 amide bonds. The largest absolute Gasteiger partial charge is 0.496 e. The Hall–Kier alpha value is -2.98. The van der Waals surface area contributed by atoms with Crippen molar-refractivity contribution in [1.29, 1.82) is 0 Å². The third-order valence-electron chi connectivity index (χ3n) is 4.01. The van der Waals surface area contributed by atoms with Gasteiger partial charge in [0.15, 0.2) is 5.69 Å². The van der Waals surface area contributed by atoms with Gasteiger partial charge in [0.05, 0.1) is 12.6 Å². The van der Waals surface area contributed by atoms with Gasteiger partial charge in [-0.15, -0.1) is 10.2 Å². The van der Waals surface area contributed by atoms with Gasteiger partial charge in [-0.25, -0.2) is 0 Å². The van der Waals surface area contributed by atoms with Gasteiger partial charge in [0.2, 0.25) is 11.8 Å². The molecule has 10 heteroatoms. The van der Waals surface area contributed by atoms with Crippen molar-refractivity contribution in [3.05, 3.63) is 57.0 Å². The van der Waals surface area contributed by atoms with Gasteiger partial charge in [-0.3, -0.25) is 9.59 Å². The van der Waals surface area contributed by atoms with Crippen molar-refractivity contribution in [2.24, 2.45) is 10.2 Å². The number of carbonyl (C=O) groups is 2. The number of rotatable bonds is 6. The maximum Gasteiger partial charge on any atom is 0.283 e. The predicted octanol–water partition coefficient (Wildman–Crippen LogP) is 4.85. The molecule has 0 spiro atoms. The summed E-state index contributed by atoms with van der Waals surface area (Å²) in [6.07, 6.45) is 2.88. The number of methoxy groups -OCH3 is 1. The van der Waals surface area contributed by atoms with Gasteiger partial charge in [-0.2, -0.15) is 0 Å². The molecule has 30 heavy (non-hydrogen) atoms. The molecule has 8 nitrogen and oxygen atoms in total. The first kappa shape index (κ1) is 21.7. The molecule has 1 aromatic heterocycles. The van der Waals surface area contributed by atoms with Gasteiger partial charge >= 0.3 is 0 Å². The van der Waals surface area contributed by atoms with E-state index in [2.05, 4.69) is 52.4 Å². The van der Waals surface area contributed by atoms with Crippen LogP contribution in [0.25, 0.3) is 17.0 Å². The molecule has 0 bridgehead atoms. The SMILES string of the molecule is COc1ccccc1C=CC(=O)NCC(=O)N=Nc1c(O)[nH]c2c(Br)cc(Br)cc12. The van der Waals surface area contributed by atoms with E-state index in [1.54, 1.807) is 37.5 Å². The molecule has 3 N–H and O–H groups in total. The van der Waals surface area contributed by atoms with E-state index in [1.165, 1.54) is 6.08 Å². The Morgan fingerprint density at radius 2 is 2.03 bits per heavy atom. The predicted molar refractivity (Wildman–Crippen MR) is 120 cm³/mol. The lowest BCUT2D eigenvalue weighted by atomic mass is 10.2. The molecule has 0 unspecified atom stereocenters. The fourth-order valence-corrected chi connectivity index (χ4v) is 3.95. The number of azo groups is 1. The number of halogens is 2. The first-order valence-corrected chi connectivity index (χ1v) is 10.2. The van der Waals surface area contributed by atoms with Gasteiger partial charge in [-0.1, -0.05) is 34.1 Å². The average molecular weight is 536 g/mol. The van der Waals surface area contributed by atoms with Crippen LogP contribution in [0.1, 0.15) is 5.56 Å². The Balaban J connectivity index is 1.63. The van der Waals surface area contributed by atoms with Crippen LogP contribution in [-0.2, 0) is 9.59 Å². The van der Waals surface area contributed by atoms with Crippen molar-refractivity contribution in [3.63, 3.8) is 0 Å². The molecule has 0 atom stereocenters. The highest BCUT2D eigenvalue weighted by molar-refractivity contribution is 9.11. The van der Waals surface area contributed by atoms with E-state index in [1.807, 2.05) is 12.1 Å². The maximum atomic E-state index is 12.0. The maximum absolute atomic E-state index is 12.0. The number of aromatic amines is 1. The van der Waals surface area contributed by atoms with Crippen LogP contribution in [0.4, 0.5) is 5.69 Å². The Morgan fingerprint density at radius 1 is 1.27 bits per heavy atom. The molecule has 0 saturated carbocycles. The molecule has 0 fully saturated rings. The zero-order valence-electron chi connectivity index (χ0n) is 15.6. The second-order valence-corrected chi connectivity index (χ2v) is 7.79. The quantitative estimate of drug-likeness (QED) is 0.309. The molecule has 0 saturated heterocycles. The van der Waals surface area contributed by atoms with Crippen LogP contribution in [-0.4, -0.2) is 35.6 Å². The molecule has 2 aromatic carbocycles. The summed E-state index contributed by atoms with van der Waals surface area (Å²) in [6, 6.07) is 10.8. The third kappa shape index (κ3) is 5.14. The number of benzene rings is 2. The first-order valence-electron chi connectivity index (χ1n) is 8.62. The Morgan fingerprint density at radius 3 is 2.80 bits per heavy atom. The van der Waals surface area contributed by atoms with E-state index in [9.17, 15) is 14.7 Å². The van der Waals surface area contributed by atoms with Crippen LogP contribution in [0.3, 0.4) is 0 Å². The van der Waals surface area contributed by atoms with Gasteiger partial charge in [0.1, 0.15) is 12.3 Å². The Labute approximate surface area is 188 Å². The van der Waals surface area contributed by atoms with Crippen molar-refractivity contribution in [2.75, 3.05) is 13.7 Å². The smallest absolute Gasteiger partial charge is 0.283 e. The zero-order chi connectivity index (χ0) is 21.7. The van der Waals surface area contributed by atoms with Gasteiger partial charge in [0.25, 0.3) is 5.91 Å². The summed E-state index contributed by atoms with van der Waals surface area (Å²) in [7, 11) is 1.54. The number of aromatic nitrogens is 1. The number of nitrogens with zero attached hydrogens (tertiary/aromatic N) is 2. The number of fused-ring (bicyclic) bond motifs is 1. The molecule has 3 aromatic rings. The molecular formula is C20H16Br2N4O4. The van der Waals surface area contributed by atoms with E-state index in [-0.39, 0.29) is 18.1 Å². The minimum Gasteiger partial charge on any atom is -0.496 e. The molecule has 1 heterocycles. The van der Waals surface area contributed by atoms with Crippen molar-refractivity contribution in [1.82, 2.24) is 10.3 Å². The normalized spacial score (nSPS) is 11.4. The van der Waals surface area contributed by atoms with Crippen LogP contribution in [0.2, 0.25) is 0 Å². The first-order chi connectivity index (χ1) is 14.4. The summed E-state index contributed by atoms with van der Waals surface area (Å²) in [4.78, 5) is 26.7. The number of ether oxygens (including phenoxy) is 1. The van der Waals surface area contributed by atoms with Gasteiger partial charge in [0, 0.05) is 26.0 Å². The number of H-pyrrole nitrogens is 1. The van der Waals surface area contributed by atoms with Crippen molar-refractivity contribution in [3.8, 4) is 11.6 Å². The van der Waals surface area contributed by atoms with Gasteiger partial charge < -0.3 is 20.1 Å². The van der Waals surface area contributed by atoms with E-state index >= 15 is 0 Å². The monoisotopic (exact) mass is 534 g/mol. The minimum absolute atomic E-state index is 0.128. The Bertz CT molecular complexity index is 1170. The zero-order valence-corrected chi connectivity index (χ0v) is 18.8. The lowest BCUT2D eigenvalue weighted by Crippen LogP contribution is -2.26. The fourth-order valence-electron chi connectivity index (χ4n) is 2.63. The lowest BCUT2D eigenvalue weighted by Gasteiger charge is -2.03. The number of amides is 2. The number of hydrogen-bond donors (Lipinski definition) is 3. The minimum atomic E-state index is -0.670. The molecule has 0 aliphatic heterocycles. The van der Waals surface area contributed by atoms with E-state index in [0.717, 1.165) is 10.0 Å². The van der Waals surface area contributed by atoms with Crippen LogP contribution >= 0.6 is 31.9 Å². The number of hydrogen-bond acceptors (Lipinski definition) is 5. The van der Waals surface area contributed by atoms with E-state index < -0.39 is 11.8 Å². The van der Waals surface area contributed by atoms with Crippen LogP contribution in [0, 0.1) is 0 Å². The lowest BCUT2D eigenvalue weighted by molar-refractivity contribution is -0.122.